The van der Waals surface area contributed by atoms with Gasteiger partial charge >= 0.3 is 0 Å². The van der Waals surface area contributed by atoms with Crippen LogP contribution in [0.25, 0.3) is 0 Å². The van der Waals surface area contributed by atoms with Crippen LogP contribution in [0.4, 0.5) is 0 Å². The minimum absolute atomic E-state index is 0.511. The second kappa shape index (κ2) is 7.05. The summed E-state index contributed by atoms with van der Waals surface area (Å²) in [5.41, 5.74) is 7.43. The van der Waals surface area contributed by atoms with E-state index in [4.69, 9.17) is 5.73 Å². The SMILES string of the molecule is NCC1CCC(c2ccccc2)CC1Sc1ncccn1. The number of aromatic nitrogens is 2. The molecule has 21 heavy (non-hydrogen) atoms. The van der Waals surface area contributed by atoms with E-state index in [0.717, 1.165) is 18.1 Å². The Kier molecular flexibility index (Phi) is 4.88. The number of hydrogen-bond acceptors (Lipinski definition) is 4. The second-order valence-corrected chi connectivity index (χ2v) is 6.81. The third-order valence-electron chi connectivity index (χ3n) is 4.30. The molecule has 3 nitrogen and oxygen atoms in total. The molecule has 1 aromatic heterocycles. The lowest BCUT2D eigenvalue weighted by molar-refractivity contribution is 0.343. The Hall–Kier alpha value is -1.39. The first-order valence-corrected chi connectivity index (χ1v) is 8.43. The zero-order valence-electron chi connectivity index (χ0n) is 12.1. The molecule has 0 aliphatic heterocycles. The Morgan fingerprint density at radius 3 is 2.52 bits per heavy atom. The van der Waals surface area contributed by atoms with Crippen LogP contribution in [0, 0.1) is 5.92 Å². The average molecular weight is 299 g/mol. The van der Waals surface area contributed by atoms with E-state index in [-0.39, 0.29) is 0 Å². The van der Waals surface area contributed by atoms with Crippen molar-refractivity contribution in [1.82, 2.24) is 9.97 Å². The van der Waals surface area contributed by atoms with E-state index in [0.29, 0.717) is 17.1 Å². The summed E-state index contributed by atoms with van der Waals surface area (Å²) in [5.74, 6) is 1.20. The van der Waals surface area contributed by atoms with Crippen LogP contribution in [0.1, 0.15) is 30.7 Å². The van der Waals surface area contributed by atoms with Crippen LogP contribution in [0.15, 0.2) is 53.9 Å². The normalized spacial score (nSPS) is 25.7. The highest BCUT2D eigenvalue weighted by atomic mass is 32.2. The van der Waals surface area contributed by atoms with E-state index >= 15 is 0 Å². The van der Waals surface area contributed by atoms with Gasteiger partial charge in [-0.25, -0.2) is 9.97 Å². The number of hydrogen-bond donors (Lipinski definition) is 1. The summed E-state index contributed by atoms with van der Waals surface area (Å²) in [6.07, 6.45) is 7.21. The highest BCUT2D eigenvalue weighted by molar-refractivity contribution is 7.99. The maximum absolute atomic E-state index is 5.98. The van der Waals surface area contributed by atoms with E-state index in [2.05, 4.69) is 40.3 Å². The maximum Gasteiger partial charge on any atom is 0.187 e. The average Bonchev–Trinajstić information content (AvgIpc) is 2.56. The van der Waals surface area contributed by atoms with Gasteiger partial charge in [0.1, 0.15) is 0 Å². The van der Waals surface area contributed by atoms with Gasteiger partial charge in [-0.2, -0.15) is 0 Å². The zero-order chi connectivity index (χ0) is 14.5. The van der Waals surface area contributed by atoms with E-state index < -0.39 is 0 Å². The molecule has 1 saturated carbocycles. The van der Waals surface area contributed by atoms with Gasteiger partial charge in [0, 0.05) is 17.6 Å². The number of thioether (sulfide) groups is 1. The van der Waals surface area contributed by atoms with Crippen molar-refractivity contribution in [2.45, 2.75) is 35.6 Å². The molecule has 0 saturated heterocycles. The fraction of sp³-hybridized carbons (Fsp3) is 0.412. The third-order valence-corrected chi connectivity index (χ3v) is 5.60. The van der Waals surface area contributed by atoms with E-state index in [1.165, 1.54) is 18.4 Å². The van der Waals surface area contributed by atoms with E-state index in [9.17, 15) is 0 Å². The van der Waals surface area contributed by atoms with Crippen LogP contribution >= 0.6 is 11.8 Å². The molecule has 0 bridgehead atoms. The van der Waals surface area contributed by atoms with Crippen LogP contribution in [0.2, 0.25) is 0 Å². The quantitative estimate of drug-likeness (QED) is 0.878. The highest BCUT2D eigenvalue weighted by Gasteiger charge is 2.31. The summed E-state index contributed by atoms with van der Waals surface area (Å²) < 4.78 is 0. The third kappa shape index (κ3) is 3.63. The maximum atomic E-state index is 5.98. The first-order valence-electron chi connectivity index (χ1n) is 7.55. The Bertz CT molecular complexity index is 546. The fourth-order valence-electron chi connectivity index (χ4n) is 3.12. The van der Waals surface area contributed by atoms with Gasteiger partial charge in [0.25, 0.3) is 0 Å². The molecule has 3 atom stereocenters. The molecule has 1 aliphatic rings. The lowest BCUT2D eigenvalue weighted by Gasteiger charge is -2.35. The molecule has 3 unspecified atom stereocenters. The van der Waals surface area contributed by atoms with Gasteiger partial charge in [0.05, 0.1) is 0 Å². The number of benzene rings is 1. The molecule has 0 amide bonds. The Balaban J connectivity index is 1.73. The zero-order valence-corrected chi connectivity index (χ0v) is 12.9. The molecule has 1 heterocycles. The van der Waals surface area contributed by atoms with Crippen molar-refractivity contribution in [3.63, 3.8) is 0 Å². The van der Waals surface area contributed by atoms with Crippen LogP contribution in [-0.2, 0) is 0 Å². The van der Waals surface area contributed by atoms with Crippen molar-refractivity contribution in [3.05, 3.63) is 54.4 Å². The smallest absolute Gasteiger partial charge is 0.187 e. The van der Waals surface area contributed by atoms with Gasteiger partial charge in [0.15, 0.2) is 5.16 Å². The van der Waals surface area contributed by atoms with Gasteiger partial charge in [0.2, 0.25) is 0 Å². The molecule has 2 aromatic rings. The molecule has 110 valence electrons. The highest BCUT2D eigenvalue weighted by Crippen LogP contribution is 2.42. The standard InChI is InChI=1S/C17H21N3S/c18-12-15-8-7-14(13-5-2-1-3-6-13)11-16(15)21-17-19-9-4-10-20-17/h1-6,9-10,14-16H,7-8,11-12,18H2. The molecule has 0 spiro atoms. The van der Waals surface area contributed by atoms with Gasteiger partial charge in [-0.15, -0.1) is 0 Å². The van der Waals surface area contributed by atoms with E-state index in [1.807, 2.05) is 18.5 Å². The molecular weight excluding hydrogens is 278 g/mol. The minimum atomic E-state index is 0.511. The molecular formula is C17H21N3S. The van der Waals surface area contributed by atoms with Crippen molar-refractivity contribution in [1.29, 1.82) is 0 Å². The molecule has 2 N–H and O–H groups in total. The lowest BCUT2D eigenvalue weighted by atomic mass is 9.78. The molecule has 3 rings (SSSR count). The van der Waals surface area contributed by atoms with Crippen LogP contribution in [0.5, 0.6) is 0 Å². The summed E-state index contributed by atoms with van der Waals surface area (Å²) in [7, 11) is 0. The Labute approximate surface area is 130 Å². The summed E-state index contributed by atoms with van der Waals surface area (Å²) in [5, 5.41) is 1.38. The van der Waals surface area contributed by atoms with Crippen molar-refractivity contribution in [2.24, 2.45) is 11.7 Å². The van der Waals surface area contributed by atoms with E-state index in [1.54, 1.807) is 11.8 Å². The largest absolute Gasteiger partial charge is 0.330 e. The Morgan fingerprint density at radius 2 is 1.81 bits per heavy atom. The van der Waals surface area contributed by atoms with Crippen LogP contribution < -0.4 is 5.73 Å². The molecule has 1 aliphatic carbocycles. The number of nitrogens with zero attached hydrogens (tertiary/aromatic N) is 2. The van der Waals surface area contributed by atoms with Crippen molar-refractivity contribution >= 4 is 11.8 Å². The summed E-state index contributed by atoms with van der Waals surface area (Å²) >= 11 is 1.79. The summed E-state index contributed by atoms with van der Waals surface area (Å²) in [6, 6.07) is 12.7. The second-order valence-electron chi connectivity index (χ2n) is 5.60. The number of rotatable bonds is 4. The fourth-order valence-corrected chi connectivity index (χ4v) is 4.40. The molecule has 4 heteroatoms. The Morgan fingerprint density at radius 1 is 1.05 bits per heavy atom. The van der Waals surface area contributed by atoms with Crippen molar-refractivity contribution < 1.29 is 0 Å². The van der Waals surface area contributed by atoms with Gasteiger partial charge in [-0.1, -0.05) is 42.1 Å². The number of nitrogens with two attached hydrogens (primary N) is 1. The monoisotopic (exact) mass is 299 g/mol. The molecule has 0 radical (unpaired) electrons. The van der Waals surface area contributed by atoms with Crippen LogP contribution in [0.3, 0.4) is 0 Å². The van der Waals surface area contributed by atoms with Crippen molar-refractivity contribution in [2.75, 3.05) is 6.54 Å². The predicted molar refractivity (Wildman–Crippen MR) is 87.3 cm³/mol. The predicted octanol–water partition coefficient (Wildman–Crippen LogP) is 3.48. The van der Waals surface area contributed by atoms with Gasteiger partial charge in [-0.3, -0.25) is 0 Å². The minimum Gasteiger partial charge on any atom is -0.330 e. The molecule has 1 fully saturated rings. The van der Waals surface area contributed by atoms with Crippen LogP contribution in [-0.4, -0.2) is 21.8 Å². The van der Waals surface area contributed by atoms with Gasteiger partial charge < -0.3 is 5.73 Å². The summed E-state index contributed by atoms with van der Waals surface area (Å²) in [4.78, 5) is 8.70. The molecule has 1 aromatic carbocycles. The topological polar surface area (TPSA) is 51.8 Å². The summed E-state index contributed by atoms with van der Waals surface area (Å²) in [6.45, 7) is 0.756. The van der Waals surface area contributed by atoms with Gasteiger partial charge in [-0.05, 0) is 49.3 Å². The lowest BCUT2D eigenvalue weighted by Crippen LogP contribution is -2.32. The first-order chi connectivity index (χ1) is 10.4. The van der Waals surface area contributed by atoms with Crippen molar-refractivity contribution in [3.8, 4) is 0 Å². The first kappa shape index (κ1) is 14.5.